The SMILES string of the molecule is CCC(N)(CC)c1noc(C(C)(C)c2ccccc2)n1. The second-order valence-electron chi connectivity index (χ2n) is 5.78. The highest BCUT2D eigenvalue weighted by molar-refractivity contribution is 5.29. The second kappa shape index (κ2) is 5.37. The highest BCUT2D eigenvalue weighted by Crippen LogP contribution is 2.32. The topological polar surface area (TPSA) is 64.9 Å². The number of hydrogen-bond donors (Lipinski definition) is 1. The Bertz CT molecular complexity index is 556. The van der Waals surface area contributed by atoms with Gasteiger partial charge < -0.3 is 10.3 Å². The van der Waals surface area contributed by atoms with E-state index in [4.69, 9.17) is 10.3 Å². The number of aromatic nitrogens is 2. The molecule has 0 unspecified atom stereocenters. The molecule has 0 aliphatic rings. The summed E-state index contributed by atoms with van der Waals surface area (Å²) in [5.41, 5.74) is 6.64. The lowest BCUT2D eigenvalue weighted by molar-refractivity contribution is 0.313. The maximum atomic E-state index is 6.33. The summed E-state index contributed by atoms with van der Waals surface area (Å²) in [4.78, 5) is 4.57. The molecule has 4 heteroatoms. The first-order chi connectivity index (χ1) is 9.44. The van der Waals surface area contributed by atoms with Crippen molar-refractivity contribution < 1.29 is 4.52 Å². The van der Waals surface area contributed by atoms with E-state index >= 15 is 0 Å². The smallest absolute Gasteiger partial charge is 0.236 e. The van der Waals surface area contributed by atoms with Crippen LogP contribution in [0.2, 0.25) is 0 Å². The molecular weight excluding hydrogens is 250 g/mol. The third-order valence-electron chi connectivity index (χ3n) is 4.16. The van der Waals surface area contributed by atoms with Crippen molar-refractivity contribution in [3.8, 4) is 0 Å². The van der Waals surface area contributed by atoms with Crippen LogP contribution in [0.4, 0.5) is 0 Å². The molecule has 0 radical (unpaired) electrons. The van der Waals surface area contributed by atoms with E-state index in [2.05, 4.69) is 36.1 Å². The maximum Gasteiger partial charge on any atom is 0.236 e. The summed E-state index contributed by atoms with van der Waals surface area (Å²) in [6.07, 6.45) is 1.57. The van der Waals surface area contributed by atoms with Crippen LogP contribution in [0.15, 0.2) is 34.9 Å². The van der Waals surface area contributed by atoms with E-state index in [0.717, 1.165) is 18.4 Å². The Hall–Kier alpha value is -1.68. The first-order valence-corrected chi connectivity index (χ1v) is 7.13. The molecule has 1 aromatic heterocycles. The van der Waals surface area contributed by atoms with Gasteiger partial charge in [-0.1, -0.05) is 49.3 Å². The molecule has 0 fully saturated rings. The molecule has 20 heavy (non-hydrogen) atoms. The summed E-state index contributed by atoms with van der Waals surface area (Å²) in [6, 6.07) is 10.2. The van der Waals surface area contributed by atoms with Crippen molar-refractivity contribution >= 4 is 0 Å². The van der Waals surface area contributed by atoms with Crippen LogP contribution in [-0.4, -0.2) is 10.1 Å². The van der Waals surface area contributed by atoms with Gasteiger partial charge in [0.15, 0.2) is 5.82 Å². The molecule has 1 aromatic carbocycles. The van der Waals surface area contributed by atoms with E-state index in [1.807, 2.05) is 32.0 Å². The number of nitrogens with zero attached hydrogens (tertiary/aromatic N) is 2. The summed E-state index contributed by atoms with van der Waals surface area (Å²) in [5, 5.41) is 4.11. The molecule has 4 nitrogen and oxygen atoms in total. The summed E-state index contributed by atoms with van der Waals surface area (Å²) in [7, 11) is 0. The lowest BCUT2D eigenvalue weighted by atomic mass is 9.84. The molecule has 1 heterocycles. The fraction of sp³-hybridized carbons (Fsp3) is 0.500. The highest BCUT2D eigenvalue weighted by atomic mass is 16.5. The van der Waals surface area contributed by atoms with Crippen molar-refractivity contribution in [1.29, 1.82) is 0 Å². The van der Waals surface area contributed by atoms with Crippen molar-refractivity contribution in [1.82, 2.24) is 10.1 Å². The van der Waals surface area contributed by atoms with E-state index in [1.54, 1.807) is 0 Å². The van der Waals surface area contributed by atoms with Gasteiger partial charge in [-0.15, -0.1) is 0 Å². The number of hydrogen-bond acceptors (Lipinski definition) is 4. The largest absolute Gasteiger partial charge is 0.338 e. The molecule has 108 valence electrons. The average Bonchev–Trinajstić information content (AvgIpc) is 2.98. The summed E-state index contributed by atoms with van der Waals surface area (Å²) < 4.78 is 5.49. The lowest BCUT2D eigenvalue weighted by Gasteiger charge is -2.22. The number of benzene rings is 1. The normalized spacial score (nSPS) is 12.7. The summed E-state index contributed by atoms with van der Waals surface area (Å²) in [6.45, 7) is 8.25. The molecule has 0 spiro atoms. The van der Waals surface area contributed by atoms with Crippen LogP contribution < -0.4 is 5.73 Å². The van der Waals surface area contributed by atoms with Gasteiger partial charge in [-0.25, -0.2) is 0 Å². The van der Waals surface area contributed by atoms with Gasteiger partial charge >= 0.3 is 0 Å². The van der Waals surface area contributed by atoms with Crippen molar-refractivity contribution in [2.75, 3.05) is 0 Å². The molecule has 2 N–H and O–H groups in total. The first-order valence-electron chi connectivity index (χ1n) is 7.13. The minimum Gasteiger partial charge on any atom is -0.338 e. The van der Waals surface area contributed by atoms with Gasteiger partial charge in [0.2, 0.25) is 5.89 Å². The minimum atomic E-state index is -0.505. The van der Waals surface area contributed by atoms with Crippen molar-refractivity contribution in [2.45, 2.75) is 51.5 Å². The zero-order valence-electron chi connectivity index (χ0n) is 12.7. The van der Waals surface area contributed by atoms with Crippen LogP contribution in [0, 0.1) is 0 Å². The van der Waals surface area contributed by atoms with Gasteiger partial charge in [-0.2, -0.15) is 4.98 Å². The molecule has 0 bridgehead atoms. The molecule has 0 atom stereocenters. The fourth-order valence-electron chi connectivity index (χ4n) is 2.22. The van der Waals surface area contributed by atoms with Gasteiger partial charge in [-0.3, -0.25) is 0 Å². The Morgan fingerprint density at radius 3 is 2.25 bits per heavy atom. The predicted molar refractivity (Wildman–Crippen MR) is 79.3 cm³/mol. The monoisotopic (exact) mass is 273 g/mol. The molecule has 0 saturated carbocycles. The predicted octanol–water partition coefficient (Wildman–Crippen LogP) is 3.37. The molecule has 0 aliphatic carbocycles. The zero-order valence-corrected chi connectivity index (χ0v) is 12.7. The summed E-state index contributed by atoms with van der Waals surface area (Å²) in [5.74, 6) is 1.21. The van der Waals surface area contributed by atoms with Gasteiger partial charge in [0.25, 0.3) is 0 Å². The molecule has 0 aliphatic heterocycles. The van der Waals surface area contributed by atoms with Crippen LogP contribution in [0.5, 0.6) is 0 Å². The Morgan fingerprint density at radius 2 is 1.70 bits per heavy atom. The van der Waals surface area contributed by atoms with E-state index in [9.17, 15) is 0 Å². The minimum absolute atomic E-state index is 0.325. The quantitative estimate of drug-likeness (QED) is 0.907. The van der Waals surface area contributed by atoms with Crippen LogP contribution in [-0.2, 0) is 11.0 Å². The van der Waals surface area contributed by atoms with Crippen molar-refractivity contribution in [2.24, 2.45) is 5.73 Å². The highest BCUT2D eigenvalue weighted by Gasteiger charge is 2.34. The lowest BCUT2D eigenvalue weighted by Crippen LogP contribution is -2.36. The van der Waals surface area contributed by atoms with E-state index in [0.29, 0.717) is 11.7 Å². The van der Waals surface area contributed by atoms with Crippen LogP contribution in [0.3, 0.4) is 0 Å². The Labute approximate surface area is 120 Å². The Balaban J connectivity index is 2.38. The van der Waals surface area contributed by atoms with Crippen molar-refractivity contribution in [3.63, 3.8) is 0 Å². The number of rotatable bonds is 5. The molecular formula is C16H23N3O. The van der Waals surface area contributed by atoms with Crippen molar-refractivity contribution in [3.05, 3.63) is 47.6 Å². The van der Waals surface area contributed by atoms with Crippen LogP contribution in [0.25, 0.3) is 0 Å². The van der Waals surface area contributed by atoms with Gasteiger partial charge in [0, 0.05) is 0 Å². The Kier molecular flexibility index (Phi) is 3.95. The molecule has 0 saturated heterocycles. The second-order valence-corrected chi connectivity index (χ2v) is 5.78. The third-order valence-corrected chi connectivity index (χ3v) is 4.16. The first kappa shape index (κ1) is 14.7. The Morgan fingerprint density at radius 1 is 1.10 bits per heavy atom. The maximum absolute atomic E-state index is 6.33. The molecule has 0 amide bonds. The summed E-state index contributed by atoms with van der Waals surface area (Å²) >= 11 is 0. The standard InChI is InChI=1S/C16H23N3O/c1-5-16(17,6-2)13-18-14(20-19-13)15(3,4)12-10-8-7-9-11-12/h7-11H,5-6,17H2,1-4H3. The average molecular weight is 273 g/mol. The van der Waals surface area contributed by atoms with E-state index in [1.165, 1.54) is 0 Å². The van der Waals surface area contributed by atoms with Gasteiger partial charge in [-0.05, 0) is 32.3 Å². The number of nitrogens with two attached hydrogens (primary N) is 1. The van der Waals surface area contributed by atoms with Gasteiger partial charge in [0.05, 0.1) is 11.0 Å². The fourth-order valence-corrected chi connectivity index (χ4v) is 2.22. The zero-order chi connectivity index (χ0) is 14.8. The van der Waals surface area contributed by atoms with Crippen LogP contribution >= 0.6 is 0 Å². The third kappa shape index (κ3) is 2.48. The van der Waals surface area contributed by atoms with Gasteiger partial charge in [0.1, 0.15) is 0 Å². The van der Waals surface area contributed by atoms with E-state index < -0.39 is 5.54 Å². The molecule has 2 rings (SSSR count). The molecule has 2 aromatic rings. The van der Waals surface area contributed by atoms with E-state index in [-0.39, 0.29) is 5.41 Å². The van der Waals surface area contributed by atoms with Crippen LogP contribution in [0.1, 0.15) is 57.8 Å².